The van der Waals surface area contributed by atoms with Crippen LogP contribution >= 0.6 is 0 Å². The van der Waals surface area contributed by atoms with Crippen LogP contribution in [-0.4, -0.2) is 23.5 Å². The molecule has 0 spiro atoms. The Hall–Kier alpha value is -3.08. The van der Waals surface area contributed by atoms with Crippen molar-refractivity contribution in [1.29, 1.82) is 0 Å². The number of benzene rings is 2. The number of hydrogen-bond donors (Lipinski definition) is 2. The Morgan fingerprint density at radius 2 is 1.74 bits per heavy atom. The Morgan fingerprint density at radius 3 is 2.44 bits per heavy atom. The summed E-state index contributed by atoms with van der Waals surface area (Å²) in [4.78, 5) is 27.5. The number of aromatic amines is 1. The van der Waals surface area contributed by atoms with E-state index < -0.39 is 5.97 Å². The van der Waals surface area contributed by atoms with Gasteiger partial charge in [-0.15, -0.1) is 0 Å². The third-order valence-corrected chi connectivity index (χ3v) is 4.33. The molecule has 0 radical (unpaired) electrons. The first-order valence-electron chi connectivity index (χ1n) is 9.12. The number of amides is 1. The molecule has 0 fully saturated rings. The van der Waals surface area contributed by atoms with Gasteiger partial charge in [0.2, 0.25) is 0 Å². The smallest absolute Gasteiger partial charge is 0.355 e. The Morgan fingerprint density at radius 1 is 1.04 bits per heavy atom. The van der Waals surface area contributed by atoms with Gasteiger partial charge in [0.15, 0.2) is 6.61 Å². The van der Waals surface area contributed by atoms with E-state index in [-0.39, 0.29) is 18.6 Å². The molecule has 0 aliphatic heterocycles. The molecule has 3 aromatic rings. The van der Waals surface area contributed by atoms with Gasteiger partial charge in [-0.3, -0.25) is 4.79 Å². The van der Waals surface area contributed by atoms with Gasteiger partial charge in [0.25, 0.3) is 5.91 Å². The van der Waals surface area contributed by atoms with Crippen LogP contribution in [0.5, 0.6) is 0 Å². The molecule has 1 amide bonds. The van der Waals surface area contributed by atoms with Crippen LogP contribution in [0.2, 0.25) is 0 Å². The van der Waals surface area contributed by atoms with Crippen molar-refractivity contribution in [3.63, 3.8) is 0 Å². The van der Waals surface area contributed by atoms with Crippen LogP contribution in [0.4, 0.5) is 0 Å². The Labute approximate surface area is 158 Å². The third-order valence-electron chi connectivity index (χ3n) is 4.33. The van der Waals surface area contributed by atoms with Gasteiger partial charge in [0, 0.05) is 10.9 Å². The van der Waals surface area contributed by atoms with E-state index in [2.05, 4.69) is 24.1 Å². The Kier molecular flexibility index (Phi) is 5.91. The topological polar surface area (TPSA) is 71.2 Å². The molecule has 27 heavy (non-hydrogen) atoms. The molecule has 1 aromatic heterocycles. The van der Waals surface area contributed by atoms with Gasteiger partial charge in [-0.2, -0.15) is 0 Å². The van der Waals surface area contributed by atoms with Crippen molar-refractivity contribution in [3.8, 4) is 0 Å². The lowest BCUT2D eigenvalue weighted by Gasteiger charge is -2.21. The number of ether oxygens (including phenoxy) is 1. The summed E-state index contributed by atoms with van der Waals surface area (Å²) in [6, 6.07) is 19.0. The van der Waals surface area contributed by atoms with Crippen molar-refractivity contribution < 1.29 is 14.3 Å². The van der Waals surface area contributed by atoms with Crippen LogP contribution in [0, 0.1) is 5.92 Å². The van der Waals surface area contributed by atoms with Crippen molar-refractivity contribution in [2.75, 3.05) is 6.61 Å². The zero-order valence-corrected chi connectivity index (χ0v) is 15.6. The number of carbonyl (C=O) groups is 2. The van der Waals surface area contributed by atoms with Crippen LogP contribution < -0.4 is 5.32 Å². The van der Waals surface area contributed by atoms with Gasteiger partial charge in [-0.1, -0.05) is 62.4 Å². The van der Waals surface area contributed by atoms with E-state index in [1.54, 1.807) is 6.07 Å². The van der Waals surface area contributed by atoms with E-state index in [9.17, 15) is 9.59 Å². The highest BCUT2D eigenvalue weighted by molar-refractivity contribution is 5.95. The largest absolute Gasteiger partial charge is 0.451 e. The first-order valence-corrected chi connectivity index (χ1v) is 9.12. The molecule has 2 N–H and O–H groups in total. The highest BCUT2D eigenvalue weighted by Crippen LogP contribution is 2.21. The first-order chi connectivity index (χ1) is 13.0. The number of H-pyrrole nitrogens is 1. The molecule has 1 heterocycles. The molecule has 5 nitrogen and oxygen atoms in total. The van der Waals surface area contributed by atoms with Crippen molar-refractivity contribution in [1.82, 2.24) is 10.3 Å². The van der Waals surface area contributed by atoms with Gasteiger partial charge in [-0.25, -0.2) is 4.79 Å². The van der Waals surface area contributed by atoms with Crippen LogP contribution in [0.25, 0.3) is 10.9 Å². The normalized spacial score (nSPS) is 12.1. The van der Waals surface area contributed by atoms with E-state index in [0.717, 1.165) is 22.9 Å². The molecule has 0 unspecified atom stereocenters. The van der Waals surface area contributed by atoms with Crippen LogP contribution in [-0.2, 0) is 9.53 Å². The lowest BCUT2D eigenvalue weighted by atomic mass is 9.97. The van der Waals surface area contributed by atoms with Crippen molar-refractivity contribution in [2.45, 2.75) is 26.3 Å². The summed E-state index contributed by atoms with van der Waals surface area (Å²) < 4.78 is 5.18. The molecule has 3 rings (SSSR count). The second-order valence-electron chi connectivity index (χ2n) is 7.01. The van der Waals surface area contributed by atoms with E-state index in [1.165, 1.54) is 0 Å². The SMILES string of the molecule is CC(C)C[C@@H](NC(=O)COC(=O)c1cc2ccccc2[nH]1)c1ccccc1. The molecular weight excluding hydrogens is 340 g/mol. The number of rotatable bonds is 7. The lowest BCUT2D eigenvalue weighted by Crippen LogP contribution is -2.33. The average molecular weight is 364 g/mol. The molecule has 2 aromatic carbocycles. The minimum atomic E-state index is -0.540. The summed E-state index contributed by atoms with van der Waals surface area (Å²) in [5.41, 5.74) is 2.24. The number of esters is 1. The molecule has 5 heteroatoms. The summed E-state index contributed by atoms with van der Waals surface area (Å²) in [7, 11) is 0. The number of fused-ring (bicyclic) bond motifs is 1. The minimum Gasteiger partial charge on any atom is -0.451 e. The summed E-state index contributed by atoms with van der Waals surface area (Å²) in [5.74, 6) is -0.431. The average Bonchev–Trinajstić information content (AvgIpc) is 3.10. The minimum absolute atomic E-state index is 0.106. The fourth-order valence-corrected chi connectivity index (χ4v) is 3.06. The van der Waals surface area contributed by atoms with E-state index in [4.69, 9.17) is 4.74 Å². The van der Waals surface area contributed by atoms with Gasteiger partial charge < -0.3 is 15.0 Å². The zero-order valence-electron chi connectivity index (χ0n) is 15.6. The summed E-state index contributed by atoms with van der Waals surface area (Å²) >= 11 is 0. The summed E-state index contributed by atoms with van der Waals surface area (Å²) in [6.45, 7) is 3.91. The predicted molar refractivity (Wildman–Crippen MR) is 105 cm³/mol. The number of aromatic nitrogens is 1. The highest BCUT2D eigenvalue weighted by Gasteiger charge is 2.18. The van der Waals surface area contributed by atoms with Gasteiger partial charge in [0.05, 0.1) is 6.04 Å². The van der Waals surface area contributed by atoms with Crippen molar-refractivity contribution in [2.24, 2.45) is 5.92 Å². The van der Waals surface area contributed by atoms with Crippen molar-refractivity contribution >= 4 is 22.8 Å². The van der Waals surface area contributed by atoms with Crippen LogP contribution in [0.15, 0.2) is 60.7 Å². The third kappa shape index (κ3) is 4.97. The summed E-state index contributed by atoms with van der Waals surface area (Å²) in [6.07, 6.45) is 0.811. The van der Waals surface area contributed by atoms with Crippen LogP contribution in [0.3, 0.4) is 0 Å². The molecular formula is C22H24N2O3. The second-order valence-corrected chi connectivity index (χ2v) is 7.01. The maximum absolute atomic E-state index is 12.3. The van der Waals surface area contributed by atoms with Crippen LogP contribution in [0.1, 0.15) is 42.4 Å². The van der Waals surface area contributed by atoms with E-state index in [0.29, 0.717) is 11.6 Å². The lowest BCUT2D eigenvalue weighted by molar-refractivity contribution is -0.125. The predicted octanol–water partition coefficient (Wildman–Crippen LogP) is 4.23. The second kappa shape index (κ2) is 8.54. The zero-order chi connectivity index (χ0) is 19.2. The Bertz CT molecular complexity index is 882. The van der Waals surface area contributed by atoms with E-state index >= 15 is 0 Å². The maximum Gasteiger partial charge on any atom is 0.355 e. The number of para-hydroxylation sites is 1. The quantitative estimate of drug-likeness (QED) is 0.616. The molecule has 0 bridgehead atoms. The van der Waals surface area contributed by atoms with Crippen molar-refractivity contribution in [3.05, 3.63) is 71.9 Å². The van der Waals surface area contributed by atoms with E-state index in [1.807, 2.05) is 54.6 Å². The maximum atomic E-state index is 12.3. The molecule has 0 saturated heterocycles. The molecule has 0 saturated carbocycles. The Balaban J connectivity index is 1.59. The number of carbonyl (C=O) groups excluding carboxylic acids is 2. The fourth-order valence-electron chi connectivity index (χ4n) is 3.06. The van der Waals surface area contributed by atoms with Gasteiger partial charge >= 0.3 is 5.97 Å². The molecule has 0 aliphatic rings. The highest BCUT2D eigenvalue weighted by atomic mass is 16.5. The molecule has 1 atom stereocenters. The monoisotopic (exact) mass is 364 g/mol. The molecule has 140 valence electrons. The standard InChI is InChI=1S/C22H24N2O3/c1-15(2)12-19(16-8-4-3-5-9-16)24-21(25)14-27-22(26)20-13-17-10-6-7-11-18(17)23-20/h3-11,13,15,19,23H,12,14H2,1-2H3,(H,24,25)/t19-/m1/s1. The molecule has 0 aliphatic carbocycles. The fraction of sp³-hybridized carbons (Fsp3) is 0.273. The van der Waals surface area contributed by atoms with Gasteiger partial charge in [0.1, 0.15) is 5.69 Å². The number of hydrogen-bond acceptors (Lipinski definition) is 3. The number of nitrogens with one attached hydrogen (secondary N) is 2. The first kappa shape index (κ1) is 18.7. The van der Waals surface area contributed by atoms with Gasteiger partial charge in [-0.05, 0) is 30.0 Å². The summed E-state index contributed by atoms with van der Waals surface area (Å²) in [5, 5.41) is 3.90.